The maximum absolute atomic E-state index is 12.0. The van der Waals surface area contributed by atoms with Gasteiger partial charge in [0.15, 0.2) is 6.61 Å². The van der Waals surface area contributed by atoms with Gasteiger partial charge < -0.3 is 20.2 Å². The molecule has 0 saturated carbocycles. The number of fused-ring (bicyclic) bond motifs is 1. The summed E-state index contributed by atoms with van der Waals surface area (Å²) in [6.07, 6.45) is 0.707. The van der Waals surface area contributed by atoms with Gasteiger partial charge in [0.05, 0.1) is 0 Å². The Bertz CT molecular complexity index is 799. The van der Waals surface area contributed by atoms with Gasteiger partial charge in [-0.25, -0.2) is 4.79 Å². The van der Waals surface area contributed by atoms with Crippen LogP contribution >= 0.6 is 0 Å². The molecule has 2 amide bonds. The fraction of sp³-hybridized carbons (Fsp3) is 0.353. The van der Waals surface area contributed by atoms with Gasteiger partial charge in [0.2, 0.25) is 5.91 Å². The van der Waals surface area contributed by atoms with Crippen LogP contribution in [0.5, 0.6) is 5.75 Å². The fourth-order valence-electron chi connectivity index (χ4n) is 2.22. The maximum Gasteiger partial charge on any atom is 0.336 e. The number of nitrogens with one attached hydrogen (secondary N) is 1. The second-order valence-electron chi connectivity index (χ2n) is 5.58. The third kappa shape index (κ3) is 4.34. The smallest absolute Gasteiger partial charge is 0.336 e. The number of amides is 2. The molecule has 0 aliphatic heterocycles. The van der Waals surface area contributed by atoms with Crippen molar-refractivity contribution in [2.24, 2.45) is 11.7 Å². The van der Waals surface area contributed by atoms with Gasteiger partial charge in [0.1, 0.15) is 17.4 Å². The summed E-state index contributed by atoms with van der Waals surface area (Å²) < 4.78 is 10.4. The first-order valence-corrected chi connectivity index (χ1v) is 7.66. The van der Waals surface area contributed by atoms with Gasteiger partial charge >= 0.3 is 5.63 Å². The van der Waals surface area contributed by atoms with Crippen molar-refractivity contribution in [3.8, 4) is 5.75 Å². The molecule has 1 heterocycles. The maximum atomic E-state index is 12.0. The Hall–Kier alpha value is -2.83. The van der Waals surface area contributed by atoms with E-state index in [1.54, 1.807) is 18.2 Å². The Kier molecular flexibility index (Phi) is 5.57. The molecule has 0 radical (unpaired) electrons. The molecule has 0 aliphatic carbocycles. The van der Waals surface area contributed by atoms with Crippen LogP contribution in [0.3, 0.4) is 0 Å². The molecule has 0 bridgehead atoms. The highest BCUT2D eigenvalue weighted by Crippen LogP contribution is 2.19. The molecule has 3 N–H and O–H groups in total. The Morgan fingerprint density at radius 3 is 2.67 bits per heavy atom. The van der Waals surface area contributed by atoms with Crippen LogP contribution in [-0.4, -0.2) is 24.5 Å². The lowest BCUT2D eigenvalue weighted by atomic mass is 9.99. The SMILES string of the molecule is CCC(C)C(NC(=O)COc1ccc2ccc(=O)oc2c1)C(N)=O. The number of ether oxygens (including phenoxy) is 1. The second kappa shape index (κ2) is 7.63. The average molecular weight is 332 g/mol. The highest BCUT2D eigenvalue weighted by atomic mass is 16.5. The van der Waals surface area contributed by atoms with E-state index < -0.39 is 23.5 Å². The van der Waals surface area contributed by atoms with Crippen molar-refractivity contribution in [2.45, 2.75) is 26.3 Å². The highest BCUT2D eigenvalue weighted by molar-refractivity contribution is 5.87. The number of carbonyl (C=O) groups excluding carboxylic acids is 2. The van der Waals surface area contributed by atoms with Crippen LogP contribution < -0.4 is 21.4 Å². The van der Waals surface area contributed by atoms with Gasteiger partial charge in [-0.2, -0.15) is 0 Å². The number of rotatable bonds is 7. The normalized spacial score (nSPS) is 13.2. The summed E-state index contributed by atoms with van der Waals surface area (Å²) in [6.45, 7) is 3.47. The first-order valence-electron chi connectivity index (χ1n) is 7.66. The van der Waals surface area contributed by atoms with E-state index in [9.17, 15) is 14.4 Å². The fourth-order valence-corrected chi connectivity index (χ4v) is 2.22. The molecule has 128 valence electrons. The summed E-state index contributed by atoms with van der Waals surface area (Å²) in [5, 5.41) is 3.32. The van der Waals surface area contributed by atoms with Crippen LogP contribution in [0.1, 0.15) is 20.3 Å². The predicted molar refractivity (Wildman–Crippen MR) is 88.6 cm³/mol. The number of carbonyl (C=O) groups is 2. The van der Waals surface area contributed by atoms with Crippen LogP contribution in [0.15, 0.2) is 39.5 Å². The lowest BCUT2D eigenvalue weighted by molar-refractivity contribution is -0.129. The molecule has 0 spiro atoms. The molecular weight excluding hydrogens is 312 g/mol. The van der Waals surface area contributed by atoms with Gasteiger partial charge in [-0.15, -0.1) is 0 Å². The molecular formula is C17H20N2O5. The third-order valence-electron chi connectivity index (χ3n) is 3.80. The summed E-state index contributed by atoms with van der Waals surface area (Å²) in [5.41, 5.74) is 5.22. The first-order chi connectivity index (χ1) is 11.4. The largest absolute Gasteiger partial charge is 0.484 e. The summed E-state index contributed by atoms with van der Waals surface area (Å²) >= 11 is 0. The zero-order valence-corrected chi connectivity index (χ0v) is 13.6. The number of nitrogens with two attached hydrogens (primary N) is 1. The zero-order valence-electron chi connectivity index (χ0n) is 13.6. The molecule has 1 aromatic carbocycles. The van der Waals surface area contributed by atoms with Crippen molar-refractivity contribution < 1.29 is 18.7 Å². The third-order valence-corrected chi connectivity index (χ3v) is 3.80. The highest BCUT2D eigenvalue weighted by Gasteiger charge is 2.23. The van der Waals surface area contributed by atoms with Crippen molar-refractivity contribution >= 4 is 22.8 Å². The number of hydrogen-bond acceptors (Lipinski definition) is 5. The minimum Gasteiger partial charge on any atom is -0.484 e. The average Bonchev–Trinajstić information content (AvgIpc) is 2.56. The van der Waals surface area contributed by atoms with Crippen molar-refractivity contribution in [3.63, 3.8) is 0 Å². The summed E-state index contributed by atoms with van der Waals surface area (Å²) in [6, 6.07) is 7.15. The summed E-state index contributed by atoms with van der Waals surface area (Å²) in [5.74, 6) is -0.716. The van der Waals surface area contributed by atoms with Gasteiger partial charge in [-0.05, 0) is 24.1 Å². The minimum absolute atomic E-state index is 0.0682. The molecule has 24 heavy (non-hydrogen) atoms. The predicted octanol–water partition coefficient (Wildman–Crippen LogP) is 1.19. The van der Waals surface area contributed by atoms with Crippen molar-refractivity contribution in [3.05, 3.63) is 40.8 Å². The molecule has 7 nitrogen and oxygen atoms in total. The Morgan fingerprint density at radius 1 is 1.29 bits per heavy atom. The summed E-state index contributed by atoms with van der Waals surface area (Å²) in [7, 11) is 0. The van der Waals surface area contributed by atoms with Crippen molar-refractivity contribution in [2.75, 3.05) is 6.61 Å². The first kappa shape index (κ1) is 17.5. The van der Waals surface area contributed by atoms with E-state index in [0.717, 1.165) is 5.39 Å². The van der Waals surface area contributed by atoms with Crippen LogP contribution in [0.25, 0.3) is 11.0 Å². The van der Waals surface area contributed by atoms with E-state index in [2.05, 4.69) is 5.32 Å². The van der Waals surface area contributed by atoms with Crippen LogP contribution in [0.2, 0.25) is 0 Å². The van der Waals surface area contributed by atoms with Gasteiger partial charge in [-0.1, -0.05) is 20.3 Å². The van der Waals surface area contributed by atoms with Crippen LogP contribution in [0, 0.1) is 5.92 Å². The Balaban J connectivity index is 2.00. The van der Waals surface area contributed by atoms with Crippen molar-refractivity contribution in [1.82, 2.24) is 5.32 Å². The molecule has 2 unspecified atom stereocenters. The zero-order chi connectivity index (χ0) is 17.7. The van der Waals surface area contributed by atoms with Gasteiger partial charge in [-0.3, -0.25) is 9.59 Å². The Morgan fingerprint density at radius 2 is 2.00 bits per heavy atom. The second-order valence-corrected chi connectivity index (χ2v) is 5.58. The van der Waals surface area contributed by atoms with Gasteiger partial charge in [0.25, 0.3) is 5.91 Å². The van der Waals surface area contributed by atoms with E-state index in [0.29, 0.717) is 17.8 Å². The quantitative estimate of drug-likeness (QED) is 0.740. The van der Waals surface area contributed by atoms with Gasteiger partial charge in [0, 0.05) is 17.5 Å². The molecule has 0 aliphatic rings. The van der Waals surface area contributed by atoms with E-state index in [1.807, 2.05) is 13.8 Å². The monoisotopic (exact) mass is 332 g/mol. The molecule has 0 fully saturated rings. The summed E-state index contributed by atoms with van der Waals surface area (Å²) in [4.78, 5) is 34.6. The number of benzene rings is 1. The lowest BCUT2D eigenvalue weighted by Crippen LogP contribution is -2.49. The molecule has 7 heteroatoms. The number of primary amides is 1. The van der Waals surface area contributed by atoms with E-state index in [1.165, 1.54) is 12.1 Å². The van der Waals surface area contributed by atoms with E-state index in [4.69, 9.17) is 14.9 Å². The van der Waals surface area contributed by atoms with E-state index >= 15 is 0 Å². The lowest BCUT2D eigenvalue weighted by Gasteiger charge is -2.21. The minimum atomic E-state index is -0.735. The van der Waals surface area contributed by atoms with Crippen LogP contribution in [0.4, 0.5) is 0 Å². The van der Waals surface area contributed by atoms with Crippen molar-refractivity contribution in [1.29, 1.82) is 0 Å². The molecule has 2 rings (SSSR count). The standard InChI is InChI=1S/C17H20N2O5/c1-3-10(2)16(17(18)22)19-14(20)9-23-12-6-4-11-5-7-15(21)24-13(11)8-12/h4-8,10,16H,3,9H2,1-2H3,(H2,18,22)(H,19,20). The molecule has 1 aromatic heterocycles. The number of hydrogen-bond donors (Lipinski definition) is 2. The van der Waals surface area contributed by atoms with Crippen LogP contribution in [-0.2, 0) is 9.59 Å². The van der Waals surface area contributed by atoms with E-state index in [-0.39, 0.29) is 12.5 Å². The topological polar surface area (TPSA) is 112 Å². The molecule has 2 atom stereocenters. The Labute approximate surface area is 138 Å². The molecule has 2 aromatic rings. The molecule has 0 saturated heterocycles.